The summed E-state index contributed by atoms with van der Waals surface area (Å²) in [6.07, 6.45) is 2.99. The number of hydrogen-bond acceptors (Lipinski definition) is 6. The SMILES string of the molecule is COc1cc(CS(C)(=N)=O)cc(-c2ccnc(N)n2)c1. The highest BCUT2D eigenvalue weighted by molar-refractivity contribution is 7.90. The topological polar surface area (TPSA) is 102 Å². The number of rotatable bonds is 4. The van der Waals surface area contributed by atoms with Gasteiger partial charge < -0.3 is 10.5 Å². The summed E-state index contributed by atoms with van der Waals surface area (Å²) in [4.78, 5) is 8.00. The lowest BCUT2D eigenvalue weighted by atomic mass is 10.1. The third-order valence-electron chi connectivity index (χ3n) is 2.61. The van der Waals surface area contributed by atoms with Crippen LogP contribution in [0.25, 0.3) is 11.3 Å². The summed E-state index contributed by atoms with van der Waals surface area (Å²) in [5, 5.41) is 0. The molecule has 6 nitrogen and oxygen atoms in total. The van der Waals surface area contributed by atoms with Crippen molar-refractivity contribution in [1.82, 2.24) is 9.97 Å². The maximum Gasteiger partial charge on any atom is 0.220 e. The smallest absolute Gasteiger partial charge is 0.220 e. The molecule has 0 aliphatic heterocycles. The first-order valence-corrected chi connectivity index (χ1v) is 7.99. The van der Waals surface area contributed by atoms with E-state index in [4.69, 9.17) is 15.3 Å². The van der Waals surface area contributed by atoms with Crippen molar-refractivity contribution in [2.45, 2.75) is 5.75 Å². The van der Waals surface area contributed by atoms with Crippen LogP contribution in [0.15, 0.2) is 30.5 Å². The number of nitrogen functional groups attached to an aromatic ring is 1. The van der Waals surface area contributed by atoms with E-state index < -0.39 is 9.73 Å². The molecule has 106 valence electrons. The molecule has 0 amide bonds. The molecule has 0 aliphatic carbocycles. The summed E-state index contributed by atoms with van der Waals surface area (Å²) in [5.41, 5.74) is 7.79. The second kappa shape index (κ2) is 5.46. The van der Waals surface area contributed by atoms with E-state index in [1.165, 1.54) is 6.26 Å². The van der Waals surface area contributed by atoms with Gasteiger partial charge in [-0.15, -0.1) is 0 Å². The average molecular weight is 292 g/mol. The fraction of sp³-hybridized carbons (Fsp3) is 0.231. The maximum absolute atomic E-state index is 11.6. The van der Waals surface area contributed by atoms with E-state index in [2.05, 4.69) is 9.97 Å². The second-order valence-electron chi connectivity index (χ2n) is 4.52. The molecule has 7 heteroatoms. The van der Waals surface area contributed by atoms with Crippen molar-refractivity contribution in [2.24, 2.45) is 0 Å². The molecule has 1 aromatic heterocycles. The number of aromatic nitrogens is 2. The Hall–Kier alpha value is -2.15. The summed E-state index contributed by atoms with van der Waals surface area (Å²) in [7, 11) is -1.07. The molecule has 0 saturated heterocycles. The monoisotopic (exact) mass is 292 g/mol. The zero-order chi connectivity index (χ0) is 14.8. The normalized spacial score (nSPS) is 13.7. The highest BCUT2D eigenvalue weighted by Crippen LogP contribution is 2.26. The average Bonchev–Trinajstić information content (AvgIpc) is 2.36. The number of nitrogens with zero attached hydrogens (tertiary/aromatic N) is 2. The van der Waals surface area contributed by atoms with Crippen molar-refractivity contribution in [3.8, 4) is 17.0 Å². The van der Waals surface area contributed by atoms with E-state index in [0.29, 0.717) is 11.4 Å². The quantitative estimate of drug-likeness (QED) is 0.896. The molecule has 0 radical (unpaired) electrons. The number of hydrogen-bond donors (Lipinski definition) is 2. The van der Waals surface area contributed by atoms with Crippen LogP contribution in [0.5, 0.6) is 5.75 Å². The number of nitrogens with one attached hydrogen (secondary N) is 1. The van der Waals surface area contributed by atoms with Gasteiger partial charge in [0.2, 0.25) is 5.95 Å². The predicted molar refractivity (Wildman–Crippen MR) is 78.9 cm³/mol. The highest BCUT2D eigenvalue weighted by atomic mass is 32.2. The van der Waals surface area contributed by atoms with Crippen molar-refractivity contribution < 1.29 is 8.95 Å². The standard InChI is InChI=1S/C13H16N4O2S/c1-19-11-6-9(8-20(2,15)18)5-10(7-11)12-3-4-16-13(14)17-12/h3-7,15H,8H2,1-2H3,(H2,14,16,17). The van der Waals surface area contributed by atoms with Gasteiger partial charge in [0, 0.05) is 27.7 Å². The van der Waals surface area contributed by atoms with Gasteiger partial charge in [-0.3, -0.25) is 4.78 Å². The van der Waals surface area contributed by atoms with E-state index in [9.17, 15) is 4.21 Å². The minimum absolute atomic E-state index is 0.164. The molecule has 1 heterocycles. The van der Waals surface area contributed by atoms with Crippen molar-refractivity contribution in [2.75, 3.05) is 19.1 Å². The molecule has 1 atom stereocenters. The van der Waals surface area contributed by atoms with Gasteiger partial charge in [-0.2, -0.15) is 0 Å². The van der Waals surface area contributed by atoms with Crippen LogP contribution in [-0.4, -0.2) is 27.5 Å². The van der Waals surface area contributed by atoms with Crippen LogP contribution in [0.3, 0.4) is 0 Å². The predicted octanol–water partition coefficient (Wildman–Crippen LogP) is 1.91. The summed E-state index contributed by atoms with van der Waals surface area (Å²) in [5.74, 6) is 0.975. The Morgan fingerprint density at radius 2 is 2.15 bits per heavy atom. The Balaban J connectivity index is 2.50. The van der Waals surface area contributed by atoms with Crippen molar-refractivity contribution in [3.05, 3.63) is 36.0 Å². The summed E-state index contributed by atoms with van der Waals surface area (Å²) < 4.78 is 24.4. The number of ether oxygens (including phenoxy) is 1. The first kappa shape index (κ1) is 14.3. The van der Waals surface area contributed by atoms with E-state index >= 15 is 0 Å². The third-order valence-corrected chi connectivity index (χ3v) is 3.50. The molecular weight excluding hydrogens is 276 g/mol. The lowest BCUT2D eigenvalue weighted by Gasteiger charge is -2.09. The number of nitrogens with two attached hydrogens (primary N) is 1. The first-order chi connectivity index (χ1) is 9.37. The van der Waals surface area contributed by atoms with Gasteiger partial charge in [0.05, 0.1) is 18.6 Å². The maximum atomic E-state index is 11.6. The zero-order valence-corrected chi connectivity index (χ0v) is 12.1. The van der Waals surface area contributed by atoms with Crippen LogP contribution in [-0.2, 0) is 15.5 Å². The molecule has 20 heavy (non-hydrogen) atoms. The molecule has 0 saturated carbocycles. The fourth-order valence-corrected chi connectivity index (χ4v) is 2.67. The number of methoxy groups -OCH3 is 1. The number of anilines is 1. The Morgan fingerprint density at radius 3 is 2.75 bits per heavy atom. The fourth-order valence-electron chi connectivity index (χ4n) is 1.86. The number of benzene rings is 1. The van der Waals surface area contributed by atoms with Gasteiger partial charge in [-0.25, -0.2) is 14.2 Å². The van der Waals surface area contributed by atoms with E-state index in [1.54, 1.807) is 25.4 Å². The molecule has 0 spiro atoms. The van der Waals surface area contributed by atoms with Crippen LogP contribution in [0.1, 0.15) is 5.56 Å². The molecule has 2 aromatic rings. The Bertz CT molecular complexity index is 729. The molecule has 3 N–H and O–H groups in total. The molecule has 2 rings (SSSR count). The van der Waals surface area contributed by atoms with Crippen molar-refractivity contribution in [3.63, 3.8) is 0 Å². The van der Waals surface area contributed by atoms with Crippen LogP contribution in [0.4, 0.5) is 5.95 Å². The zero-order valence-electron chi connectivity index (χ0n) is 11.3. The summed E-state index contributed by atoms with van der Waals surface area (Å²) >= 11 is 0. The molecular formula is C13H16N4O2S. The van der Waals surface area contributed by atoms with Crippen LogP contribution < -0.4 is 10.5 Å². The van der Waals surface area contributed by atoms with Crippen LogP contribution in [0, 0.1) is 4.78 Å². The van der Waals surface area contributed by atoms with E-state index in [-0.39, 0.29) is 11.7 Å². The van der Waals surface area contributed by atoms with Crippen LogP contribution >= 0.6 is 0 Å². The van der Waals surface area contributed by atoms with Gasteiger partial charge in [0.15, 0.2) is 0 Å². The minimum atomic E-state index is -2.62. The second-order valence-corrected chi connectivity index (χ2v) is 6.82. The Morgan fingerprint density at radius 1 is 1.40 bits per heavy atom. The van der Waals surface area contributed by atoms with Crippen LogP contribution in [0.2, 0.25) is 0 Å². The molecule has 0 fully saturated rings. The summed E-state index contributed by atoms with van der Waals surface area (Å²) in [6.45, 7) is 0. The molecule has 1 unspecified atom stereocenters. The van der Waals surface area contributed by atoms with E-state index in [1.807, 2.05) is 12.1 Å². The van der Waals surface area contributed by atoms with E-state index in [0.717, 1.165) is 11.1 Å². The largest absolute Gasteiger partial charge is 0.497 e. The highest BCUT2D eigenvalue weighted by Gasteiger charge is 2.08. The van der Waals surface area contributed by atoms with Crippen molar-refractivity contribution >= 4 is 15.7 Å². The lowest BCUT2D eigenvalue weighted by Crippen LogP contribution is -2.00. The summed E-state index contributed by atoms with van der Waals surface area (Å²) in [6, 6.07) is 7.15. The lowest BCUT2D eigenvalue weighted by molar-refractivity contribution is 0.414. The van der Waals surface area contributed by atoms with Gasteiger partial charge in [-0.05, 0) is 29.8 Å². The van der Waals surface area contributed by atoms with Gasteiger partial charge >= 0.3 is 0 Å². The minimum Gasteiger partial charge on any atom is -0.497 e. The Labute approximate surface area is 118 Å². The molecule has 0 aliphatic rings. The first-order valence-electron chi connectivity index (χ1n) is 5.86. The third kappa shape index (κ3) is 3.67. The Kier molecular flexibility index (Phi) is 3.89. The molecule has 0 bridgehead atoms. The van der Waals surface area contributed by atoms with Gasteiger partial charge in [0.25, 0.3) is 0 Å². The van der Waals surface area contributed by atoms with Gasteiger partial charge in [0.1, 0.15) is 5.75 Å². The molecule has 1 aromatic carbocycles. The van der Waals surface area contributed by atoms with Crippen molar-refractivity contribution in [1.29, 1.82) is 4.78 Å². The van der Waals surface area contributed by atoms with Gasteiger partial charge in [-0.1, -0.05) is 0 Å².